The summed E-state index contributed by atoms with van der Waals surface area (Å²) in [4.78, 5) is 14.0. The third kappa shape index (κ3) is 3.62. The van der Waals surface area contributed by atoms with Crippen LogP contribution in [0.15, 0.2) is 24.3 Å². The molecule has 0 spiro atoms. The molecule has 0 bridgehead atoms. The van der Waals surface area contributed by atoms with Gasteiger partial charge in [0.15, 0.2) is 0 Å². The molecule has 1 aromatic rings. The van der Waals surface area contributed by atoms with Crippen LogP contribution in [0.1, 0.15) is 44.2 Å². The molecule has 1 aromatic carbocycles. The minimum atomic E-state index is -0.196. The lowest BCUT2D eigenvalue weighted by Gasteiger charge is -2.34. The summed E-state index contributed by atoms with van der Waals surface area (Å²) < 4.78 is 12.9. The normalized spacial score (nSPS) is 21.3. The number of benzene rings is 1. The fourth-order valence-corrected chi connectivity index (χ4v) is 3.06. The van der Waals surface area contributed by atoms with E-state index in [-0.39, 0.29) is 11.9 Å². The Balaban J connectivity index is 1.48. The van der Waals surface area contributed by atoms with Crippen LogP contribution in [0, 0.1) is 11.7 Å². The van der Waals surface area contributed by atoms with E-state index in [2.05, 4.69) is 12.2 Å². The van der Waals surface area contributed by atoms with Crippen molar-refractivity contribution in [2.24, 2.45) is 5.92 Å². The standard InChI is InChI=1S/C17H23FN2O/c1-12(13-4-6-15(18)7-5-13)19-16-8-10-20(11-9-16)17(21)14-2-3-14/h4-7,12,14,16,19H,2-3,8-11H2,1H3. The Morgan fingerprint density at radius 3 is 2.38 bits per heavy atom. The third-order valence-corrected chi connectivity index (χ3v) is 4.59. The van der Waals surface area contributed by atoms with Gasteiger partial charge in [-0.25, -0.2) is 4.39 Å². The Kier molecular flexibility index (Phi) is 4.24. The molecule has 1 saturated heterocycles. The molecule has 3 rings (SSSR count). The Morgan fingerprint density at radius 2 is 1.81 bits per heavy atom. The van der Waals surface area contributed by atoms with Crippen LogP contribution in [-0.4, -0.2) is 29.9 Å². The van der Waals surface area contributed by atoms with Crippen molar-refractivity contribution in [3.63, 3.8) is 0 Å². The van der Waals surface area contributed by atoms with E-state index < -0.39 is 0 Å². The lowest BCUT2D eigenvalue weighted by atomic mass is 10.0. The van der Waals surface area contributed by atoms with Gasteiger partial charge in [0.05, 0.1) is 0 Å². The maximum atomic E-state index is 12.9. The number of hydrogen-bond acceptors (Lipinski definition) is 2. The minimum Gasteiger partial charge on any atom is -0.342 e. The molecule has 3 nitrogen and oxygen atoms in total. The second kappa shape index (κ2) is 6.14. The van der Waals surface area contributed by atoms with Crippen LogP contribution in [0.2, 0.25) is 0 Å². The van der Waals surface area contributed by atoms with Gasteiger partial charge >= 0.3 is 0 Å². The smallest absolute Gasteiger partial charge is 0.225 e. The van der Waals surface area contributed by atoms with Crippen molar-refractivity contribution in [2.45, 2.75) is 44.7 Å². The number of nitrogens with zero attached hydrogens (tertiary/aromatic N) is 1. The molecule has 4 heteroatoms. The third-order valence-electron chi connectivity index (χ3n) is 4.59. The van der Waals surface area contributed by atoms with Crippen LogP contribution in [0.4, 0.5) is 4.39 Å². The van der Waals surface area contributed by atoms with Gasteiger partial charge in [-0.3, -0.25) is 4.79 Å². The molecule has 21 heavy (non-hydrogen) atoms. The second-order valence-corrected chi connectivity index (χ2v) is 6.31. The zero-order valence-electron chi connectivity index (χ0n) is 12.5. The van der Waals surface area contributed by atoms with E-state index in [1.165, 1.54) is 12.1 Å². The van der Waals surface area contributed by atoms with Gasteiger partial charge in [-0.2, -0.15) is 0 Å². The van der Waals surface area contributed by atoms with Gasteiger partial charge in [0.2, 0.25) is 5.91 Å². The average Bonchev–Trinajstić information content (AvgIpc) is 3.32. The van der Waals surface area contributed by atoms with E-state index >= 15 is 0 Å². The number of piperidine rings is 1. The molecule has 2 aliphatic rings. The van der Waals surface area contributed by atoms with Crippen molar-refractivity contribution in [3.8, 4) is 0 Å². The molecule has 1 heterocycles. The Morgan fingerprint density at radius 1 is 1.19 bits per heavy atom. The van der Waals surface area contributed by atoms with Gasteiger partial charge < -0.3 is 10.2 Å². The van der Waals surface area contributed by atoms with Crippen LogP contribution in [0.3, 0.4) is 0 Å². The number of hydrogen-bond donors (Lipinski definition) is 1. The minimum absolute atomic E-state index is 0.196. The summed E-state index contributed by atoms with van der Waals surface area (Å²) in [6.45, 7) is 3.83. The lowest BCUT2D eigenvalue weighted by molar-refractivity contribution is -0.133. The van der Waals surface area contributed by atoms with E-state index in [1.807, 2.05) is 17.0 Å². The zero-order valence-corrected chi connectivity index (χ0v) is 12.5. The molecule has 114 valence electrons. The summed E-state index contributed by atoms with van der Waals surface area (Å²) in [5, 5.41) is 3.60. The van der Waals surface area contributed by atoms with Gasteiger partial charge in [0.1, 0.15) is 5.82 Å². The molecule has 1 amide bonds. The molecule has 1 atom stereocenters. The van der Waals surface area contributed by atoms with Crippen LogP contribution < -0.4 is 5.32 Å². The van der Waals surface area contributed by atoms with E-state index in [0.717, 1.165) is 44.3 Å². The predicted molar refractivity (Wildman–Crippen MR) is 80.3 cm³/mol. The highest BCUT2D eigenvalue weighted by molar-refractivity contribution is 5.81. The monoisotopic (exact) mass is 290 g/mol. The number of amides is 1. The van der Waals surface area contributed by atoms with Gasteiger partial charge in [-0.05, 0) is 50.3 Å². The van der Waals surface area contributed by atoms with Crippen molar-refractivity contribution in [1.82, 2.24) is 10.2 Å². The maximum Gasteiger partial charge on any atom is 0.225 e. The molecule has 2 fully saturated rings. The number of carbonyl (C=O) groups is 1. The van der Waals surface area contributed by atoms with Crippen LogP contribution in [0.25, 0.3) is 0 Å². The summed E-state index contributed by atoms with van der Waals surface area (Å²) in [5.41, 5.74) is 1.10. The number of rotatable bonds is 4. The van der Waals surface area contributed by atoms with E-state index in [1.54, 1.807) is 0 Å². The summed E-state index contributed by atoms with van der Waals surface area (Å²) in [7, 11) is 0. The number of carbonyl (C=O) groups excluding carboxylic acids is 1. The zero-order chi connectivity index (χ0) is 14.8. The second-order valence-electron chi connectivity index (χ2n) is 6.31. The average molecular weight is 290 g/mol. The Hall–Kier alpha value is -1.42. The predicted octanol–water partition coefficient (Wildman–Crippen LogP) is 2.88. The molecule has 1 unspecified atom stereocenters. The summed E-state index contributed by atoms with van der Waals surface area (Å²) in [6, 6.07) is 7.32. The molecule has 1 saturated carbocycles. The molecule has 1 aliphatic carbocycles. The number of likely N-dealkylation sites (tertiary alicyclic amines) is 1. The highest BCUT2D eigenvalue weighted by Gasteiger charge is 2.34. The first-order valence-electron chi connectivity index (χ1n) is 7.94. The van der Waals surface area contributed by atoms with Crippen LogP contribution in [0.5, 0.6) is 0 Å². The van der Waals surface area contributed by atoms with Crippen molar-refractivity contribution in [1.29, 1.82) is 0 Å². The largest absolute Gasteiger partial charge is 0.342 e. The van der Waals surface area contributed by atoms with Gasteiger partial charge in [0, 0.05) is 31.1 Å². The first-order chi connectivity index (χ1) is 10.1. The highest BCUT2D eigenvalue weighted by atomic mass is 19.1. The van der Waals surface area contributed by atoms with Gasteiger partial charge in [-0.15, -0.1) is 0 Å². The Bertz CT molecular complexity index is 490. The van der Waals surface area contributed by atoms with E-state index in [0.29, 0.717) is 17.9 Å². The van der Waals surface area contributed by atoms with Crippen LogP contribution in [-0.2, 0) is 4.79 Å². The van der Waals surface area contributed by atoms with Gasteiger partial charge in [0.25, 0.3) is 0 Å². The first-order valence-corrected chi connectivity index (χ1v) is 7.94. The van der Waals surface area contributed by atoms with Crippen molar-refractivity contribution in [3.05, 3.63) is 35.6 Å². The number of halogens is 1. The van der Waals surface area contributed by atoms with Gasteiger partial charge in [-0.1, -0.05) is 12.1 Å². The molecular formula is C17H23FN2O. The Labute approximate surface area is 125 Å². The SMILES string of the molecule is CC(NC1CCN(C(=O)C2CC2)CC1)c1ccc(F)cc1. The lowest BCUT2D eigenvalue weighted by Crippen LogP contribution is -2.45. The fourth-order valence-electron chi connectivity index (χ4n) is 3.06. The maximum absolute atomic E-state index is 12.9. The number of nitrogens with one attached hydrogen (secondary N) is 1. The highest BCUT2D eigenvalue weighted by Crippen LogP contribution is 2.32. The topological polar surface area (TPSA) is 32.3 Å². The molecule has 1 N–H and O–H groups in total. The summed E-state index contributed by atoms with van der Waals surface area (Å²) >= 11 is 0. The van der Waals surface area contributed by atoms with E-state index in [4.69, 9.17) is 0 Å². The summed E-state index contributed by atoms with van der Waals surface area (Å²) in [6.07, 6.45) is 4.17. The first kappa shape index (κ1) is 14.5. The van der Waals surface area contributed by atoms with Crippen LogP contribution >= 0.6 is 0 Å². The molecule has 0 radical (unpaired) electrons. The van der Waals surface area contributed by atoms with Crippen molar-refractivity contribution >= 4 is 5.91 Å². The molecule has 0 aromatic heterocycles. The summed E-state index contributed by atoms with van der Waals surface area (Å²) in [5.74, 6) is 0.491. The molecule has 1 aliphatic heterocycles. The molecular weight excluding hydrogens is 267 g/mol. The quantitative estimate of drug-likeness (QED) is 0.925. The van der Waals surface area contributed by atoms with Crippen molar-refractivity contribution in [2.75, 3.05) is 13.1 Å². The van der Waals surface area contributed by atoms with E-state index in [9.17, 15) is 9.18 Å². The van der Waals surface area contributed by atoms with Crippen molar-refractivity contribution < 1.29 is 9.18 Å². The fraction of sp³-hybridized carbons (Fsp3) is 0.588.